The molecule has 4 heteroatoms. The third kappa shape index (κ3) is 6.78. The summed E-state index contributed by atoms with van der Waals surface area (Å²) in [6, 6.07) is 48.5. The summed E-state index contributed by atoms with van der Waals surface area (Å²) in [4.78, 5) is 5.63. The molecule has 1 aliphatic rings. The molecule has 0 radical (unpaired) electrons. The lowest BCUT2D eigenvalue weighted by atomic mass is 10.0. The van der Waals surface area contributed by atoms with E-state index >= 15 is 0 Å². The van der Waals surface area contributed by atoms with Crippen molar-refractivity contribution in [2.45, 2.75) is 19.4 Å². The number of allylic oxidation sites excluding steroid dienone is 3. The first-order valence-corrected chi connectivity index (χ1v) is 14.9. The SMILES string of the molecule is [C-]#[N+]C(C#N)=C1C=C(C=Cc2ccc(N(c3ccc(-c4ccccc4)cc3)c3ccc(-c4ccccc4)cc3)cc2)OC(C)C1. The highest BCUT2D eigenvalue weighted by molar-refractivity contribution is 5.80. The van der Waals surface area contributed by atoms with Gasteiger partial charge in [0.2, 0.25) is 0 Å². The molecule has 0 N–H and O–H groups in total. The van der Waals surface area contributed by atoms with E-state index in [2.05, 4.69) is 131 Å². The molecule has 1 aliphatic heterocycles. The molecule has 0 aromatic heterocycles. The summed E-state index contributed by atoms with van der Waals surface area (Å²) in [5, 5.41) is 9.31. The number of ether oxygens (including phenoxy) is 1. The highest BCUT2D eigenvalue weighted by Gasteiger charge is 2.17. The molecule has 5 aromatic rings. The first-order valence-electron chi connectivity index (χ1n) is 14.9. The van der Waals surface area contributed by atoms with E-state index in [-0.39, 0.29) is 11.8 Å². The summed E-state index contributed by atoms with van der Waals surface area (Å²) in [7, 11) is 0. The number of nitrogens with zero attached hydrogens (tertiary/aromatic N) is 3. The zero-order valence-electron chi connectivity index (χ0n) is 25.0. The van der Waals surface area contributed by atoms with Crippen LogP contribution in [0.25, 0.3) is 33.2 Å². The van der Waals surface area contributed by atoms with Gasteiger partial charge in [-0.2, -0.15) is 0 Å². The lowest BCUT2D eigenvalue weighted by Gasteiger charge is -2.26. The van der Waals surface area contributed by atoms with Gasteiger partial charge in [0.15, 0.2) is 0 Å². The van der Waals surface area contributed by atoms with Crippen LogP contribution in [0, 0.1) is 17.9 Å². The van der Waals surface area contributed by atoms with Crippen molar-refractivity contribution in [2.75, 3.05) is 4.90 Å². The predicted molar refractivity (Wildman–Crippen MR) is 184 cm³/mol. The van der Waals surface area contributed by atoms with Crippen molar-refractivity contribution in [1.29, 1.82) is 5.26 Å². The fourth-order valence-electron chi connectivity index (χ4n) is 5.50. The quantitative estimate of drug-likeness (QED) is 0.142. The zero-order chi connectivity index (χ0) is 31.0. The summed E-state index contributed by atoms with van der Waals surface area (Å²) < 4.78 is 5.96. The van der Waals surface area contributed by atoms with Gasteiger partial charge < -0.3 is 9.64 Å². The van der Waals surface area contributed by atoms with Crippen molar-refractivity contribution in [3.05, 3.63) is 180 Å². The maximum atomic E-state index is 9.31. The van der Waals surface area contributed by atoms with Gasteiger partial charge in [-0.1, -0.05) is 103 Å². The fraction of sp³-hybridized carbons (Fsp3) is 0.0732. The minimum atomic E-state index is -0.104. The Kier molecular flexibility index (Phi) is 8.68. The van der Waals surface area contributed by atoms with Crippen molar-refractivity contribution < 1.29 is 4.74 Å². The van der Waals surface area contributed by atoms with Gasteiger partial charge in [-0.3, -0.25) is 0 Å². The number of nitriles is 1. The second-order valence-electron chi connectivity index (χ2n) is 10.9. The average Bonchev–Trinajstić information content (AvgIpc) is 3.10. The molecular formula is C41H31N3O. The third-order valence-corrected chi connectivity index (χ3v) is 7.74. The lowest BCUT2D eigenvalue weighted by Crippen LogP contribution is -2.13. The molecule has 0 saturated heterocycles. The van der Waals surface area contributed by atoms with Gasteiger partial charge in [-0.05, 0) is 88.9 Å². The minimum absolute atomic E-state index is 0.104. The molecule has 0 saturated carbocycles. The lowest BCUT2D eigenvalue weighted by molar-refractivity contribution is 0.133. The van der Waals surface area contributed by atoms with Crippen LogP contribution in [0.4, 0.5) is 17.1 Å². The highest BCUT2D eigenvalue weighted by atomic mass is 16.5. The second-order valence-corrected chi connectivity index (χ2v) is 10.9. The number of rotatable bonds is 7. The Morgan fingerprint density at radius 2 is 1.18 bits per heavy atom. The molecule has 0 aliphatic carbocycles. The van der Waals surface area contributed by atoms with Crippen LogP contribution in [0.1, 0.15) is 18.9 Å². The van der Waals surface area contributed by atoms with E-state index in [1.807, 2.05) is 37.3 Å². The van der Waals surface area contributed by atoms with Crippen LogP contribution < -0.4 is 4.90 Å². The van der Waals surface area contributed by atoms with Crippen molar-refractivity contribution >= 4 is 23.1 Å². The number of hydrogen-bond donors (Lipinski definition) is 0. The predicted octanol–water partition coefficient (Wildman–Crippen LogP) is 10.9. The molecule has 0 spiro atoms. The fourth-order valence-corrected chi connectivity index (χ4v) is 5.50. The Balaban J connectivity index is 1.31. The molecular weight excluding hydrogens is 550 g/mol. The highest BCUT2D eigenvalue weighted by Crippen LogP contribution is 2.37. The molecule has 1 unspecified atom stereocenters. The smallest absolute Gasteiger partial charge is 0.265 e. The first kappa shape index (κ1) is 29.0. The summed E-state index contributed by atoms with van der Waals surface area (Å²) in [6.07, 6.45) is 6.12. The van der Waals surface area contributed by atoms with Crippen molar-refractivity contribution in [1.82, 2.24) is 0 Å². The summed E-state index contributed by atoms with van der Waals surface area (Å²) in [5.41, 5.74) is 9.72. The maximum Gasteiger partial charge on any atom is 0.265 e. The van der Waals surface area contributed by atoms with Crippen LogP contribution in [0.15, 0.2) is 163 Å². The first-order chi connectivity index (χ1) is 22.1. The van der Waals surface area contributed by atoms with Crippen molar-refractivity contribution in [2.24, 2.45) is 0 Å². The average molecular weight is 582 g/mol. The molecule has 0 amide bonds. The number of hydrogen-bond acceptors (Lipinski definition) is 3. The third-order valence-electron chi connectivity index (χ3n) is 7.74. The standard InChI is InChI=1S/C41H31N3O/c1-30-27-36(41(29-42)43-2)28-40(45-30)26-15-31-13-20-37(21-14-31)44(38-22-16-34(17-23-38)32-9-5-3-6-10-32)39-24-18-35(19-25-39)33-11-7-4-8-12-33/h3-26,28,30H,27H2,1H3. The van der Waals surface area contributed by atoms with E-state index in [0.717, 1.165) is 22.6 Å². The Labute approximate surface area is 264 Å². The number of benzene rings is 5. The van der Waals surface area contributed by atoms with Gasteiger partial charge in [0.25, 0.3) is 5.70 Å². The minimum Gasteiger partial charge on any atom is -0.490 e. The zero-order valence-corrected chi connectivity index (χ0v) is 25.0. The van der Waals surface area contributed by atoms with Crippen LogP contribution >= 0.6 is 0 Å². The molecule has 0 bridgehead atoms. The molecule has 45 heavy (non-hydrogen) atoms. The van der Waals surface area contributed by atoms with E-state index in [9.17, 15) is 5.26 Å². The topological polar surface area (TPSA) is 40.6 Å². The van der Waals surface area contributed by atoms with E-state index in [1.54, 1.807) is 6.08 Å². The molecule has 4 nitrogen and oxygen atoms in total. The van der Waals surface area contributed by atoms with Gasteiger partial charge in [0.1, 0.15) is 5.76 Å². The maximum absolute atomic E-state index is 9.31. The normalized spacial score (nSPS) is 15.4. The Bertz CT molecular complexity index is 1840. The molecule has 1 atom stereocenters. The van der Waals surface area contributed by atoms with Crippen LogP contribution in [-0.2, 0) is 4.74 Å². The molecule has 216 valence electrons. The van der Waals surface area contributed by atoms with Gasteiger partial charge in [0, 0.05) is 23.5 Å². The number of anilines is 3. The molecule has 5 aromatic carbocycles. The van der Waals surface area contributed by atoms with E-state index in [0.29, 0.717) is 17.8 Å². The van der Waals surface area contributed by atoms with E-state index in [1.165, 1.54) is 22.3 Å². The van der Waals surface area contributed by atoms with E-state index < -0.39 is 0 Å². The van der Waals surface area contributed by atoms with E-state index in [4.69, 9.17) is 11.3 Å². The Morgan fingerprint density at radius 1 is 0.711 bits per heavy atom. The van der Waals surface area contributed by atoms with Crippen molar-refractivity contribution in [3.63, 3.8) is 0 Å². The molecule has 6 rings (SSSR count). The van der Waals surface area contributed by atoms with Crippen LogP contribution in [0.3, 0.4) is 0 Å². The largest absolute Gasteiger partial charge is 0.490 e. The van der Waals surface area contributed by atoms with Gasteiger partial charge in [-0.15, -0.1) is 0 Å². The van der Waals surface area contributed by atoms with Crippen LogP contribution in [-0.4, -0.2) is 6.10 Å². The van der Waals surface area contributed by atoms with Crippen LogP contribution in [0.5, 0.6) is 0 Å². The molecule has 0 fully saturated rings. The Hall–Kier alpha value is -6.10. The summed E-state index contributed by atoms with van der Waals surface area (Å²) >= 11 is 0. The van der Waals surface area contributed by atoms with Crippen LogP contribution in [0.2, 0.25) is 0 Å². The second kappa shape index (κ2) is 13.5. The molecule has 1 heterocycles. The summed E-state index contributed by atoms with van der Waals surface area (Å²) in [6.45, 7) is 9.24. The summed E-state index contributed by atoms with van der Waals surface area (Å²) in [5.74, 6) is 0.642. The Morgan fingerprint density at radius 3 is 1.64 bits per heavy atom. The van der Waals surface area contributed by atoms with Gasteiger partial charge >= 0.3 is 0 Å². The van der Waals surface area contributed by atoms with Gasteiger partial charge in [-0.25, -0.2) is 10.1 Å². The monoisotopic (exact) mass is 581 g/mol. The van der Waals surface area contributed by atoms with Gasteiger partial charge in [0.05, 0.1) is 18.7 Å². The van der Waals surface area contributed by atoms with Crippen molar-refractivity contribution in [3.8, 4) is 28.3 Å².